The van der Waals surface area contributed by atoms with Gasteiger partial charge in [-0.2, -0.15) is 0 Å². The number of aliphatic imine (C=N–C) groups is 1. The van der Waals surface area contributed by atoms with E-state index in [-0.39, 0.29) is 24.0 Å². The molecule has 0 bridgehead atoms. The van der Waals surface area contributed by atoms with Crippen LogP contribution >= 0.6 is 35.3 Å². The van der Waals surface area contributed by atoms with Crippen LogP contribution in [-0.4, -0.2) is 31.1 Å². The number of aromatic nitrogens is 1. The molecule has 1 aromatic carbocycles. The molecule has 0 aliphatic heterocycles. The number of nitrogens with one attached hydrogen (secondary N) is 2. The maximum absolute atomic E-state index is 5.72. The number of ether oxygens (including phenoxy) is 1. The average molecular weight is 502 g/mol. The summed E-state index contributed by atoms with van der Waals surface area (Å²) in [6, 6.07) is 8.32. The predicted octanol–water partition coefficient (Wildman–Crippen LogP) is 4.27. The van der Waals surface area contributed by atoms with Gasteiger partial charge in [-0.25, -0.2) is 4.98 Å². The van der Waals surface area contributed by atoms with Crippen molar-refractivity contribution < 1.29 is 4.74 Å². The Bertz CT molecular complexity index is 686. The Hall–Kier alpha value is -1.35. The second-order valence-electron chi connectivity index (χ2n) is 6.53. The largest absolute Gasteiger partial charge is 0.493 e. The van der Waals surface area contributed by atoms with Gasteiger partial charge in [-0.1, -0.05) is 32.9 Å². The molecule has 27 heavy (non-hydrogen) atoms. The minimum absolute atomic E-state index is 0. The fourth-order valence-corrected chi connectivity index (χ4v) is 3.12. The van der Waals surface area contributed by atoms with Crippen molar-refractivity contribution in [2.45, 2.75) is 40.2 Å². The molecule has 0 saturated carbocycles. The van der Waals surface area contributed by atoms with Crippen molar-refractivity contribution in [1.82, 2.24) is 15.6 Å². The number of thiazole rings is 1. The van der Waals surface area contributed by atoms with Gasteiger partial charge < -0.3 is 15.4 Å². The van der Waals surface area contributed by atoms with Crippen LogP contribution in [0.5, 0.6) is 5.75 Å². The van der Waals surface area contributed by atoms with Crippen LogP contribution in [-0.2, 0) is 19.4 Å². The Morgan fingerprint density at radius 3 is 2.56 bits per heavy atom. The van der Waals surface area contributed by atoms with Crippen molar-refractivity contribution >= 4 is 41.3 Å². The van der Waals surface area contributed by atoms with E-state index in [0.717, 1.165) is 42.7 Å². The Morgan fingerprint density at radius 1 is 1.22 bits per heavy atom. The van der Waals surface area contributed by atoms with Crippen molar-refractivity contribution in [3.8, 4) is 5.75 Å². The van der Waals surface area contributed by atoms with Gasteiger partial charge in [0.2, 0.25) is 0 Å². The van der Waals surface area contributed by atoms with Gasteiger partial charge in [0.25, 0.3) is 0 Å². The highest BCUT2D eigenvalue weighted by Crippen LogP contribution is 2.14. The molecule has 0 saturated heterocycles. The highest BCUT2D eigenvalue weighted by molar-refractivity contribution is 14.0. The second kappa shape index (κ2) is 12.9. The average Bonchev–Trinajstić information content (AvgIpc) is 3.12. The van der Waals surface area contributed by atoms with Gasteiger partial charge in [0.05, 0.1) is 13.2 Å². The highest BCUT2D eigenvalue weighted by atomic mass is 127. The van der Waals surface area contributed by atoms with E-state index in [1.807, 2.05) is 18.3 Å². The van der Waals surface area contributed by atoms with Crippen LogP contribution in [0.15, 0.2) is 35.5 Å². The monoisotopic (exact) mass is 502 g/mol. The van der Waals surface area contributed by atoms with Crippen molar-refractivity contribution in [1.29, 1.82) is 0 Å². The van der Waals surface area contributed by atoms with Crippen LogP contribution in [0.25, 0.3) is 0 Å². The topological polar surface area (TPSA) is 58.5 Å². The summed E-state index contributed by atoms with van der Waals surface area (Å²) < 4.78 is 5.72. The molecular formula is C20H31IN4OS. The highest BCUT2D eigenvalue weighted by Gasteiger charge is 2.03. The van der Waals surface area contributed by atoms with Crippen molar-refractivity contribution in [3.05, 3.63) is 45.9 Å². The standard InChI is InChI=1S/C20H30N4OS.HI/c1-5-18-12-23-19(26-18)13-24-20(21-4)22-11-10-16-6-8-17(9-7-16)25-14-15(2)3;/h6-9,12,15H,5,10-11,13-14H2,1-4H3,(H2,21,22,24);1H. The molecule has 1 heterocycles. The van der Waals surface area contributed by atoms with Gasteiger partial charge in [0.1, 0.15) is 10.8 Å². The molecule has 0 aliphatic carbocycles. The van der Waals surface area contributed by atoms with Crippen molar-refractivity contribution in [2.24, 2.45) is 10.9 Å². The second-order valence-corrected chi connectivity index (χ2v) is 7.72. The van der Waals surface area contributed by atoms with E-state index in [9.17, 15) is 0 Å². The summed E-state index contributed by atoms with van der Waals surface area (Å²) in [4.78, 5) is 9.99. The van der Waals surface area contributed by atoms with E-state index in [2.05, 4.69) is 53.5 Å². The van der Waals surface area contributed by atoms with Crippen LogP contribution in [0, 0.1) is 5.92 Å². The molecule has 0 amide bonds. The molecule has 2 aromatic rings. The third-order valence-corrected chi connectivity index (χ3v) is 4.94. The molecule has 1 aromatic heterocycles. The summed E-state index contributed by atoms with van der Waals surface area (Å²) in [6.07, 6.45) is 3.92. The van der Waals surface area contributed by atoms with E-state index in [4.69, 9.17) is 4.74 Å². The summed E-state index contributed by atoms with van der Waals surface area (Å²) >= 11 is 1.74. The summed E-state index contributed by atoms with van der Waals surface area (Å²) in [5.74, 6) is 2.27. The van der Waals surface area contributed by atoms with Crippen molar-refractivity contribution in [3.63, 3.8) is 0 Å². The third-order valence-electron chi connectivity index (χ3n) is 3.79. The van der Waals surface area contributed by atoms with Crippen molar-refractivity contribution in [2.75, 3.05) is 20.2 Å². The van der Waals surface area contributed by atoms with Crippen LogP contribution < -0.4 is 15.4 Å². The number of guanidine groups is 1. The molecule has 5 nitrogen and oxygen atoms in total. The molecule has 2 rings (SSSR count). The maximum atomic E-state index is 5.72. The van der Waals surface area contributed by atoms with Crippen LogP contribution in [0.3, 0.4) is 0 Å². The van der Waals surface area contributed by atoms with Gasteiger partial charge in [0, 0.05) is 24.7 Å². The Morgan fingerprint density at radius 2 is 1.96 bits per heavy atom. The van der Waals surface area contributed by atoms with Gasteiger partial charge in [-0.15, -0.1) is 35.3 Å². The molecule has 0 radical (unpaired) electrons. The number of nitrogens with zero attached hydrogens (tertiary/aromatic N) is 2. The van der Waals surface area contributed by atoms with Gasteiger partial charge in [-0.05, 0) is 36.5 Å². The molecule has 0 spiro atoms. The first-order chi connectivity index (χ1) is 12.6. The summed E-state index contributed by atoms with van der Waals surface area (Å²) in [6.45, 7) is 8.72. The quantitative estimate of drug-likeness (QED) is 0.306. The fourth-order valence-electron chi connectivity index (χ4n) is 2.31. The van der Waals surface area contributed by atoms with E-state index in [1.54, 1.807) is 18.4 Å². The predicted molar refractivity (Wildman–Crippen MR) is 126 cm³/mol. The number of aryl methyl sites for hydroxylation is 1. The minimum atomic E-state index is 0. The summed E-state index contributed by atoms with van der Waals surface area (Å²) in [5, 5.41) is 7.75. The van der Waals surface area contributed by atoms with E-state index in [1.165, 1.54) is 10.4 Å². The first kappa shape index (κ1) is 23.7. The van der Waals surface area contributed by atoms with E-state index < -0.39 is 0 Å². The zero-order valence-corrected chi connectivity index (χ0v) is 19.8. The Labute approximate surface area is 184 Å². The number of halogens is 1. The zero-order valence-electron chi connectivity index (χ0n) is 16.6. The van der Waals surface area contributed by atoms with Gasteiger partial charge in [-0.3, -0.25) is 4.99 Å². The lowest BCUT2D eigenvalue weighted by Gasteiger charge is -2.12. The Kier molecular flexibility index (Phi) is 11.3. The number of hydrogen-bond acceptors (Lipinski definition) is 4. The number of hydrogen-bond donors (Lipinski definition) is 2. The number of benzene rings is 1. The van der Waals surface area contributed by atoms with Crippen LogP contribution in [0.4, 0.5) is 0 Å². The molecule has 0 fully saturated rings. The Balaban J connectivity index is 0.00000364. The van der Waals surface area contributed by atoms with Gasteiger partial charge >= 0.3 is 0 Å². The smallest absolute Gasteiger partial charge is 0.191 e. The van der Waals surface area contributed by atoms with E-state index >= 15 is 0 Å². The van der Waals surface area contributed by atoms with Gasteiger partial charge in [0.15, 0.2) is 5.96 Å². The van der Waals surface area contributed by atoms with Crippen LogP contribution in [0.2, 0.25) is 0 Å². The summed E-state index contributed by atoms with van der Waals surface area (Å²) in [7, 11) is 1.79. The molecule has 7 heteroatoms. The zero-order chi connectivity index (χ0) is 18.8. The molecule has 0 aliphatic rings. The van der Waals surface area contributed by atoms with Crippen LogP contribution in [0.1, 0.15) is 36.2 Å². The SMILES string of the molecule is CCc1cnc(CNC(=NC)NCCc2ccc(OCC(C)C)cc2)s1.I. The molecule has 0 unspecified atom stereocenters. The van der Waals surface area contributed by atoms with E-state index in [0.29, 0.717) is 12.5 Å². The lowest BCUT2D eigenvalue weighted by atomic mass is 10.1. The fraction of sp³-hybridized carbons (Fsp3) is 0.500. The number of rotatable bonds is 9. The summed E-state index contributed by atoms with van der Waals surface area (Å²) in [5.41, 5.74) is 1.28. The molecule has 0 atom stereocenters. The molecule has 150 valence electrons. The third kappa shape index (κ3) is 8.92. The first-order valence-corrected chi connectivity index (χ1v) is 10.0. The minimum Gasteiger partial charge on any atom is -0.493 e. The lowest BCUT2D eigenvalue weighted by Crippen LogP contribution is -2.37. The molecule has 2 N–H and O–H groups in total. The lowest BCUT2D eigenvalue weighted by molar-refractivity contribution is 0.271. The normalized spacial score (nSPS) is 11.2. The molecular weight excluding hydrogens is 471 g/mol. The maximum Gasteiger partial charge on any atom is 0.191 e. The first-order valence-electron chi connectivity index (χ1n) is 9.20.